The number of rotatable bonds is 6. The Bertz CT molecular complexity index is 469. The van der Waals surface area contributed by atoms with Crippen molar-refractivity contribution in [2.24, 2.45) is 16.8 Å². The smallest absolute Gasteiger partial charge is 0.220 e. The second-order valence-electron chi connectivity index (χ2n) is 8.50. The number of amides is 1. The van der Waals surface area contributed by atoms with E-state index in [0.29, 0.717) is 24.3 Å². The van der Waals surface area contributed by atoms with Crippen molar-refractivity contribution in [2.75, 3.05) is 46.8 Å². The molecule has 7 heteroatoms. The van der Waals surface area contributed by atoms with Crippen LogP contribution >= 0.6 is 24.0 Å². The molecule has 2 rings (SSSR count). The van der Waals surface area contributed by atoms with E-state index in [1.54, 1.807) is 7.05 Å². The van der Waals surface area contributed by atoms with E-state index in [4.69, 9.17) is 0 Å². The van der Waals surface area contributed by atoms with E-state index >= 15 is 0 Å². The number of guanidine groups is 1. The molecule has 6 nitrogen and oxygen atoms in total. The Morgan fingerprint density at radius 1 is 1.07 bits per heavy atom. The summed E-state index contributed by atoms with van der Waals surface area (Å²) in [5.74, 6) is 2.31. The van der Waals surface area contributed by atoms with E-state index in [1.165, 1.54) is 38.8 Å². The summed E-state index contributed by atoms with van der Waals surface area (Å²) in [6.45, 7) is 10.1. The van der Waals surface area contributed by atoms with E-state index in [-0.39, 0.29) is 29.9 Å². The van der Waals surface area contributed by atoms with Gasteiger partial charge in [-0.25, -0.2) is 0 Å². The molecule has 28 heavy (non-hydrogen) atoms. The van der Waals surface area contributed by atoms with Gasteiger partial charge in [0.2, 0.25) is 5.91 Å². The topological polar surface area (TPSA) is 60.0 Å². The zero-order valence-corrected chi connectivity index (χ0v) is 20.7. The molecule has 0 radical (unpaired) electrons. The maximum absolute atomic E-state index is 11.6. The Morgan fingerprint density at radius 3 is 2.18 bits per heavy atom. The lowest BCUT2D eigenvalue weighted by Gasteiger charge is -2.37. The van der Waals surface area contributed by atoms with Crippen LogP contribution in [0.5, 0.6) is 0 Å². The molecule has 1 amide bonds. The van der Waals surface area contributed by atoms with Crippen molar-refractivity contribution in [1.29, 1.82) is 0 Å². The van der Waals surface area contributed by atoms with Crippen molar-refractivity contribution in [3.8, 4) is 0 Å². The number of nitrogens with one attached hydrogen (secondary N) is 2. The van der Waals surface area contributed by atoms with Gasteiger partial charge in [0.25, 0.3) is 0 Å². The highest BCUT2D eigenvalue weighted by atomic mass is 127. The summed E-state index contributed by atoms with van der Waals surface area (Å²) in [6.07, 6.45) is 8.19. The van der Waals surface area contributed by atoms with Gasteiger partial charge in [-0.05, 0) is 50.6 Å². The number of halogens is 1. The highest BCUT2D eigenvalue weighted by Gasteiger charge is 2.26. The molecule has 0 aromatic carbocycles. The minimum atomic E-state index is 0. The van der Waals surface area contributed by atoms with Crippen molar-refractivity contribution in [3.05, 3.63) is 0 Å². The molecule has 1 unspecified atom stereocenters. The maximum Gasteiger partial charge on any atom is 0.220 e. The largest absolute Gasteiger partial charge is 0.359 e. The number of likely N-dealkylation sites (tertiary alicyclic amines) is 2. The number of hydrogen-bond acceptors (Lipinski definition) is 3. The predicted octanol–water partition coefficient (Wildman–Crippen LogP) is 2.93. The van der Waals surface area contributed by atoms with Crippen molar-refractivity contribution in [1.82, 2.24) is 20.4 Å². The molecule has 2 N–H and O–H groups in total. The first-order valence-corrected chi connectivity index (χ1v) is 10.9. The molecule has 2 aliphatic heterocycles. The summed E-state index contributed by atoms with van der Waals surface area (Å²) >= 11 is 0. The summed E-state index contributed by atoms with van der Waals surface area (Å²) in [7, 11) is 3.61. The highest BCUT2D eigenvalue weighted by Crippen LogP contribution is 2.21. The average molecular weight is 508 g/mol. The van der Waals surface area contributed by atoms with E-state index in [0.717, 1.165) is 38.4 Å². The Labute approximate surface area is 189 Å². The lowest BCUT2D eigenvalue weighted by molar-refractivity contribution is -0.121. The zero-order chi connectivity index (χ0) is 19.6. The molecule has 1 atom stereocenters. The van der Waals surface area contributed by atoms with Gasteiger partial charge in [-0.15, -0.1) is 24.0 Å². The number of piperidine rings is 1. The molecule has 0 aliphatic carbocycles. The molecule has 2 fully saturated rings. The highest BCUT2D eigenvalue weighted by molar-refractivity contribution is 14.0. The lowest BCUT2D eigenvalue weighted by Crippen LogP contribution is -2.52. The number of carbonyl (C=O) groups is 1. The molecular formula is C21H42IN5O. The van der Waals surface area contributed by atoms with E-state index in [9.17, 15) is 4.79 Å². The number of aliphatic imine (C=N–C) groups is 1. The van der Waals surface area contributed by atoms with Gasteiger partial charge >= 0.3 is 0 Å². The third kappa shape index (κ3) is 8.05. The Hall–Kier alpha value is -0.570. The van der Waals surface area contributed by atoms with Gasteiger partial charge in [-0.3, -0.25) is 14.7 Å². The molecule has 0 aromatic heterocycles. The molecular weight excluding hydrogens is 465 g/mol. The SMILES string of the molecule is CN=C(NCC(C(C)C)N1CCCCCC1)N1CCC(CC(=O)NC)CC1.I. The third-order valence-corrected chi connectivity index (χ3v) is 6.23. The van der Waals surface area contributed by atoms with Crippen molar-refractivity contribution >= 4 is 35.8 Å². The van der Waals surface area contributed by atoms with Crippen molar-refractivity contribution in [2.45, 2.75) is 64.8 Å². The summed E-state index contributed by atoms with van der Waals surface area (Å²) in [4.78, 5) is 21.2. The predicted molar refractivity (Wildman–Crippen MR) is 128 cm³/mol. The van der Waals surface area contributed by atoms with Gasteiger partial charge in [0.05, 0.1) is 0 Å². The van der Waals surface area contributed by atoms with Crippen LogP contribution < -0.4 is 10.6 Å². The van der Waals surface area contributed by atoms with Gasteiger partial charge in [-0.1, -0.05) is 26.7 Å². The van der Waals surface area contributed by atoms with E-state index in [1.807, 2.05) is 7.05 Å². The average Bonchev–Trinajstić information content (AvgIpc) is 2.95. The van der Waals surface area contributed by atoms with Crippen LogP contribution in [0.1, 0.15) is 58.8 Å². The minimum Gasteiger partial charge on any atom is -0.359 e. The van der Waals surface area contributed by atoms with Crippen molar-refractivity contribution in [3.63, 3.8) is 0 Å². The Balaban J connectivity index is 0.00000392. The summed E-state index contributed by atoms with van der Waals surface area (Å²) in [6, 6.07) is 0.561. The monoisotopic (exact) mass is 507 g/mol. The zero-order valence-electron chi connectivity index (χ0n) is 18.4. The first-order valence-electron chi connectivity index (χ1n) is 10.9. The van der Waals surface area contributed by atoms with Gasteiger partial charge in [0, 0.05) is 46.2 Å². The second kappa shape index (κ2) is 13.6. The summed E-state index contributed by atoms with van der Waals surface area (Å²) in [5, 5.41) is 6.40. The Morgan fingerprint density at radius 2 is 1.68 bits per heavy atom. The molecule has 0 bridgehead atoms. The molecule has 0 spiro atoms. The van der Waals surface area contributed by atoms with E-state index in [2.05, 4.69) is 39.3 Å². The number of hydrogen-bond donors (Lipinski definition) is 2. The van der Waals surface area contributed by atoms with Crippen LogP contribution in [-0.2, 0) is 4.79 Å². The van der Waals surface area contributed by atoms with Crippen LogP contribution in [0.3, 0.4) is 0 Å². The normalized spacial score (nSPS) is 21.0. The van der Waals surface area contributed by atoms with Gasteiger partial charge in [-0.2, -0.15) is 0 Å². The van der Waals surface area contributed by atoms with Gasteiger partial charge in [0.1, 0.15) is 0 Å². The first kappa shape index (κ1) is 25.5. The van der Waals surface area contributed by atoms with Crippen LogP contribution in [0.2, 0.25) is 0 Å². The molecule has 2 saturated heterocycles. The second-order valence-corrected chi connectivity index (χ2v) is 8.50. The molecule has 0 saturated carbocycles. The van der Waals surface area contributed by atoms with Crippen LogP contribution in [0, 0.1) is 11.8 Å². The van der Waals surface area contributed by atoms with Crippen LogP contribution in [0.25, 0.3) is 0 Å². The third-order valence-electron chi connectivity index (χ3n) is 6.23. The quantitative estimate of drug-likeness (QED) is 0.330. The van der Waals surface area contributed by atoms with Gasteiger partial charge in [0.15, 0.2) is 5.96 Å². The number of carbonyl (C=O) groups excluding carboxylic acids is 1. The van der Waals surface area contributed by atoms with Gasteiger partial charge < -0.3 is 15.5 Å². The summed E-state index contributed by atoms with van der Waals surface area (Å²) < 4.78 is 0. The Kier molecular flexibility index (Phi) is 12.4. The maximum atomic E-state index is 11.6. The van der Waals surface area contributed by atoms with Crippen LogP contribution in [-0.4, -0.2) is 74.5 Å². The van der Waals surface area contributed by atoms with Crippen molar-refractivity contribution < 1.29 is 4.79 Å². The fourth-order valence-electron chi connectivity index (χ4n) is 4.45. The molecule has 164 valence electrons. The summed E-state index contributed by atoms with van der Waals surface area (Å²) in [5.41, 5.74) is 0. The standard InChI is InChI=1S/C21H41N5O.HI/c1-17(2)19(25-11-7-5-6-8-12-25)16-24-21(23-4)26-13-9-18(10-14-26)15-20(27)22-3;/h17-19H,5-16H2,1-4H3,(H,22,27)(H,23,24);1H. The first-order chi connectivity index (χ1) is 13.0. The van der Waals surface area contributed by atoms with Crippen LogP contribution in [0.15, 0.2) is 4.99 Å². The fraction of sp³-hybridized carbons (Fsp3) is 0.905. The fourth-order valence-corrected chi connectivity index (χ4v) is 4.45. The lowest BCUT2D eigenvalue weighted by atomic mass is 9.93. The van der Waals surface area contributed by atoms with E-state index < -0.39 is 0 Å². The molecule has 2 heterocycles. The minimum absolute atomic E-state index is 0. The number of nitrogens with zero attached hydrogens (tertiary/aromatic N) is 3. The van der Waals surface area contributed by atoms with Crippen LogP contribution in [0.4, 0.5) is 0 Å². The molecule has 2 aliphatic rings. The molecule has 0 aromatic rings.